The van der Waals surface area contributed by atoms with E-state index in [4.69, 9.17) is 0 Å². The van der Waals surface area contributed by atoms with E-state index < -0.39 is 0 Å². The van der Waals surface area contributed by atoms with E-state index in [9.17, 15) is 18.4 Å². The van der Waals surface area contributed by atoms with Gasteiger partial charge in [-0.05, 0) is 48.0 Å². The van der Waals surface area contributed by atoms with Gasteiger partial charge >= 0.3 is 0 Å². The summed E-state index contributed by atoms with van der Waals surface area (Å²) in [4.78, 5) is 34.3. The van der Waals surface area contributed by atoms with Crippen molar-refractivity contribution in [2.24, 2.45) is 0 Å². The predicted molar refractivity (Wildman–Crippen MR) is 141 cm³/mol. The molecule has 2 saturated heterocycles. The number of carbonyl (C=O) groups is 2. The van der Waals surface area contributed by atoms with Crippen LogP contribution in [0.25, 0.3) is 0 Å². The molecule has 2 amide bonds. The molecule has 38 heavy (non-hydrogen) atoms. The first-order valence-electron chi connectivity index (χ1n) is 13.0. The van der Waals surface area contributed by atoms with Crippen LogP contribution in [0.15, 0.2) is 78.9 Å². The molecule has 3 aromatic carbocycles. The van der Waals surface area contributed by atoms with E-state index >= 15 is 0 Å². The fourth-order valence-electron chi connectivity index (χ4n) is 5.47. The second-order valence-electron chi connectivity index (χ2n) is 9.98. The van der Waals surface area contributed by atoms with Gasteiger partial charge in [-0.2, -0.15) is 0 Å². The maximum absolute atomic E-state index is 13.6. The third-order valence-corrected chi connectivity index (χ3v) is 7.55. The van der Waals surface area contributed by atoms with Gasteiger partial charge in [-0.15, -0.1) is 0 Å². The number of carbonyl (C=O) groups excluding carboxylic acids is 2. The lowest BCUT2D eigenvalue weighted by Gasteiger charge is -2.42. The summed E-state index contributed by atoms with van der Waals surface area (Å²) in [6.45, 7) is 3.52. The summed E-state index contributed by atoms with van der Waals surface area (Å²) < 4.78 is 27.2. The average molecular weight is 519 g/mol. The van der Waals surface area contributed by atoms with E-state index in [1.165, 1.54) is 24.3 Å². The molecule has 2 aliphatic heterocycles. The highest BCUT2D eigenvalue weighted by Gasteiger charge is 2.36. The summed E-state index contributed by atoms with van der Waals surface area (Å²) >= 11 is 0. The Bertz CT molecular complexity index is 1200. The third-order valence-electron chi connectivity index (χ3n) is 7.55. The van der Waals surface area contributed by atoms with Gasteiger partial charge in [0.25, 0.3) is 0 Å². The highest BCUT2D eigenvalue weighted by molar-refractivity contribution is 5.89. The highest BCUT2D eigenvalue weighted by Crippen LogP contribution is 2.30. The fraction of sp³-hybridized carbons (Fsp3) is 0.333. The van der Waals surface area contributed by atoms with Crippen LogP contribution in [0.5, 0.6) is 0 Å². The van der Waals surface area contributed by atoms with Crippen LogP contribution in [0.2, 0.25) is 0 Å². The second kappa shape index (κ2) is 11.4. The quantitative estimate of drug-likeness (QED) is 0.499. The minimum absolute atomic E-state index is 0.0513. The number of hydrogen-bond donors (Lipinski definition) is 0. The SMILES string of the molecule is CN1CCN(CC(=O)N2CCN(C(c3ccc(F)cc3)c3ccc(F)cc3)CC2)C(=O)C1c1ccccc1. The normalized spacial score (nSPS) is 19.3. The first-order chi connectivity index (χ1) is 18.4. The molecule has 0 spiro atoms. The molecule has 0 radical (unpaired) electrons. The Kier molecular flexibility index (Phi) is 7.81. The summed E-state index contributed by atoms with van der Waals surface area (Å²) in [5.41, 5.74) is 2.75. The predicted octanol–water partition coefficient (Wildman–Crippen LogP) is 3.71. The lowest BCUT2D eigenvalue weighted by atomic mass is 9.96. The maximum Gasteiger partial charge on any atom is 0.245 e. The van der Waals surface area contributed by atoms with Crippen LogP contribution in [0.4, 0.5) is 8.78 Å². The van der Waals surface area contributed by atoms with Gasteiger partial charge in [0.1, 0.15) is 17.7 Å². The lowest BCUT2D eigenvalue weighted by molar-refractivity contribution is -0.148. The number of piperazine rings is 2. The Balaban J connectivity index is 1.24. The summed E-state index contributed by atoms with van der Waals surface area (Å²) in [6.07, 6.45) is 0. The summed E-state index contributed by atoms with van der Waals surface area (Å²) in [5, 5.41) is 0. The molecule has 0 N–H and O–H groups in total. The van der Waals surface area contributed by atoms with Crippen molar-refractivity contribution in [3.8, 4) is 0 Å². The molecule has 0 saturated carbocycles. The monoisotopic (exact) mass is 518 g/mol. The largest absolute Gasteiger partial charge is 0.339 e. The Morgan fingerprint density at radius 1 is 0.789 bits per heavy atom. The molecule has 0 aliphatic carbocycles. The number of benzene rings is 3. The number of rotatable bonds is 6. The number of amides is 2. The second-order valence-corrected chi connectivity index (χ2v) is 9.98. The Morgan fingerprint density at radius 3 is 1.89 bits per heavy atom. The highest BCUT2D eigenvalue weighted by atomic mass is 19.1. The van der Waals surface area contributed by atoms with Gasteiger partial charge in [0.05, 0.1) is 12.6 Å². The van der Waals surface area contributed by atoms with E-state index in [1.54, 1.807) is 29.2 Å². The zero-order valence-corrected chi connectivity index (χ0v) is 21.5. The summed E-state index contributed by atoms with van der Waals surface area (Å²) in [5.74, 6) is -0.732. The van der Waals surface area contributed by atoms with Crippen molar-refractivity contribution in [2.75, 3.05) is 52.9 Å². The zero-order valence-electron chi connectivity index (χ0n) is 21.5. The smallest absolute Gasteiger partial charge is 0.245 e. The standard InChI is InChI=1S/C30H32F2N4O2/c1-33-15-16-36(30(38)29(33)22-5-3-2-4-6-22)21-27(37)34-17-19-35(20-18-34)28(23-7-11-25(31)12-8-23)24-9-13-26(32)14-10-24/h2-14,28-29H,15-21H2,1H3. The molecule has 2 fully saturated rings. The molecule has 3 aromatic rings. The molecule has 2 heterocycles. The fourth-order valence-corrected chi connectivity index (χ4v) is 5.47. The van der Waals surface area contributed by atoms with Gasteiger partial charge in [0.15, 0.2) is 0 Å². The molecule has 0 aromatic heterocycles. The minimum Gasteiger partial charge on any atom is -0.339 e. The zero-order chi connectivity index (χ0) is 26.6. The molecule has 1 atom stereocenters. The van der Waals surface area contributed by atoms with E-state index in [0.29, 0.717) is 39.3 Å². The molecule has 6 nitrogen and oxygen atoms in total. The summed E-state index contributed by atoms with van der Waals surface area (Å²) in [6, 6.07) is 21.8. The first kappa shape index (κ1) is 26.0. The minimum atomic E-state index is -0.387. The van der Waals surface area contributed by atoms with Gasteiger partial charge in [-0.25, -0.2) is 8.78 Å². The van der Waals surface area contributed by atoms with Gasteiger partial charge < -0.3 is 9.80 Å². The molecular formula is C30H32F2N4O2. The molecule has 5 rings (SSSR count). The number of likely N-dealkylation sites (N-methyl/N-ethyl adjacent to an activating group) is 1. The first-order valence-corrected chi connectivity index (χ1v) is 13.0. The van der Waals surface area contributed by atoms with Crippen molar-refractivity contribution in [2.45, 2.75) is 12.1 Å². The molecule has 1 unspecified atom stereocenters. The van der Waals surface area contributed by atoms with Crippen LogP contribution in [0.1, 0.15) is 28.8 Å². The van der Waals surface area contributed by atoms with E-state index in [-0.39, 0.29) is 42.1 Å². The topological polar surface area (TPSA) is 47.1 Å². The summed E-state index contributed by atoms with van der Waals surface area (Å²) in [7, 11) is 1.94. The van der Waals surface area contributed by atoms with Crippen molar-refractivity contribution in [3.05, 3.63) is 107 Å². The molecule has 2 aliphatic rings. The van der Waals surface area contributed by atoms with Crippen molar-refractivity contribution in [3.63, 3.8) is 0 Å². The molecule has 8 heteroatoms. The third kappa shape index (κ3) is 5.61. The Morgan fingerprint density at radius 2 is 1.34 bits per heavy atom. The van der Waals surface area contributed by atoms with Crippen LogP contribution in [-0.4, -0.2) is 84.3 Å². The number of hydrogen-bond acceptors (Lipinski definition) is 4. The van der Waals surface area contributed by atoms with Crippen LogP contribution in [0.3, 0.4) is 0 Å². The lowest BCUT2D eigenvalue weighted by Crippen LogP contribution is -2.56. The van der Waals surface area contributed by atoms with Crippen molar-refractivity contribution >= 4 is 11.8 Å². The van der Waals surface area contributed by atoms with Crippen LogP contribution < -0.4 is 0 Å². The maximum atomic E-state index is 13.6. The number of nitrogens with zero attached hydrogens (tertiary/aromatic N) is 4. The van der Waals surface area contributed by atoms with Gasteiger partial charge in [-0.3, -0.25) is 19.4 Å². The molecule has 198 valence electrons. The van der Waals surface area contributed by atoms with E-state index in [1.807, 2.05) is 47.2 Å². The van der Waals surface area contributed by atoms with Gasteiger partial charge in [0, 0.05) is 39.3 Å². The van der Waals surface area contributed by atoms with Crippen molar-refractivity contribution < 1.29 is 18.4 Å². The van der Waals surface area contributed by atoms with Crippen molar-refractivity contribution in [1.82, 2.24) is 19.6 Å². The van der Waals surface area contributed by atoms with Crippen LogP contribution in [0, 0.1) is 11.6 Å². The molecule has 0 bridgehead atoms. The van der Waals surface area contributed by atoms with Gasteiger partial charge in [-0.1, -0.05) is 54.6 Å². The van der Waals surface area contributed by atoms with E-state index in [2.05, 4.69) is 4.90 Å². The van der Waals surface area contributed by atoms with E-state index in [0.717, 1.165) is 16.7 Å². The Labute approximate surface area is 222 Å². The van der Waals surface area contributed by atoms with Crippen molar-refractivity contribution in [1.29, 1.82) is 0 Å². The van der Waals surface area contributed by atoms with Gasteiger partial charge in [0.2, 0.25) is 11.8 Å². The Hall–Kier alpha value is -3.62. The average Bonchev–Trinajstić information content (AvgIpc) is 2.93. The molecular weight excluding hydrogens is 486 g/mol. The van der Waals surface area contributed by atoms with Crippen LogP contribution >= 0.6 is 0 Å². The van der Waals surface area contributed by atoms with Crippen LogP contribution in [-0.2, 0) is 9.59 Å². The number of halogens is 2.